The van der Waals surface area contributed by atoms with Crippen molar-refractivity contribution in [1.82, 2.24) is 20.1 Å². The normalized spacial score (nSPS) is 16.0. The Hall–Kier alpha value is -2.34. The van der Waals surface area contributed by atoms with Crippen LogP contribution >= 0.6 is 0 Å². The van der Waals surface area contributed by atoms with E-state index in [2.05, 4.69) is 22.2 Å². The lowest BCUT2D eigenvalue weighted by Gasteiger charge is -2.37. The number of aromatic nitrogens is 1. The number of carbonyl (C=O) groups excluding carboxylic acids is 1. The van der Waals surface area contributed by atoms with E-state index in [1.807, 2.05) is 29.2 Å². The van der Waals surface area contributed by atoms with Gasteiger partial charge in [0.05, 0.1) is 12.8 Å². The third-order valence-electron chi connectivity index (χ3n) is 4.49. The van der Waals surface area contributed by atoms with Gasteiger partial charge in [-0.1, -0.05) is 0 Å². The lowest BCUT2D eigenvalue weighted by Crippen LogP contribution is -2.49. The van der Waals surface area contributed by atoms with E-state index in [0.717, 1.165) is 37.3 Å². The number of hydrogen-bond acceptors (Lipinski definition) is 4. The fourth-order valence-electron chi connectivity index (χ4n) is 3.02. The summed E-state index contributed by atoms with van der Waals surface area (Å²) in [5.74, 6) is 0.813. The van der Waals surface area contributed by atoms with Crippen LogP contribution in [0.3, 0.4) is 0 Å². The highest BCUT2D eigenvalue weighted by molar-refractivity contribution is 5.74. The van der Waals surface area contributed by atoms with Gasteiger partial charge in [-0.15, -0.1) is 0 Å². The second kappa shape index (κ2) is 7.97. The number of pyridine rings is 1. The van der Waals surface area contributed by atoms with Gasteiger partial charge >= 0.3 is 6.03 Å². The van der Waals surface area contributed by atoms with Gasteiger partial charge in [-0.25, -0.2) is 4.79 Å². The molecule has 0 bridgehead atoms. The first-order chi connectivity index (χ1) is 11.7. The average Bonchev–Trinajstić information content (AvgIpc) is 3.13. The van der Waals surface area contributed by atoms with E-state index < -0.39 is 0 Å². The first-order valence-corrected chi connectivity index (χ1v) is 8.36. The number of likely N-dealkylation sites (tertiary alicyclic amines) is 1. The maximum atomic E-state index is 12.8. The predicted octanol–water partition coefficient (Wildman–Crippen LogP) is 2.48. The van der Waals surface area contributed by atoms with Crippen LogP contribution < -0.4 is 5.32 Å². The fraction of sp³-hybridized carbons (Fsp3) is 0.444. The number of rotatable bonds is 5. The third kappa shape index (κ3) is 4.35. The van der Waals surface area contributed by atoms with E-state index in [1.165, 1.54) is 0 Å². The van der Waals surface area contributed by atoms with E-state index in [4.69, 9.17) is 4.42 Å². The Labute approximate surface area is 142 Å². The molecule has 0 spiro atoms. The Morgan fingerprint density at radius 1 is 1.33 bits per heavy atom. The van der Waals surface area contributed by atoms with Crippen LogP contribution in [-0.2, 0) is 13.1 Å². The SMILES string of the molecule is CN1CCC(N(Cc2ccco2)C(=O)NCc2ccncc2)CC1. The van der Waals surface area contributed by atoms with Gasteiger partial charge in [-0.3, -0.25) is 4.98 Å². The zero-order valence-electron chi connectivity index (χ0n) is 14.0. The number of piperidine rings is 1. The van der Waals surface area contributed by atoms with E-state index in [0.29, 0.717) is 13.1 Å². The lowest BCUT2D eigenvalue weighted by atomic mass is 10.0. The van der Waals surface area contributed by atoms with E-state index in [-0.39, 0.29) is 12.1 Å². The van der Waals surface area contributed by atoms with E-state index in [9.17, 15) is 4.79 Å². The molecular weight excluding hydrogens is 304 g/mol. The molecule has 24 heavy (non-hydrogen) atoms. The van der Waals surface area contributed by atoms with Crippen molar-refractivity contribution in [2.24, 2.45) is 0 Å². The molecular formula is C18H24N4O2. The van der Waals surface area contributed by atoms with Gasteiger partial charge in [0.15, 0.2) is 0 Å². The van der Waals surface area contributed by atoms with Crippen LogP contribution in [0.1, 0.15) is 24.2 Å². The Morgan fingerprint density at radius 3 is 2.75 bits per heavy atom. The number of amides is 2. The Kier molecular flexibility index (Phi) is 5.48. The molecule has 1 aliphatic heterocycles. The first kappa shape index (κ1) is 16.5. The van der Waals surface area contributed by atoms with Gasteiger partial charge in [0.25, 0.3) is 0 Å². The average molecular weight is 328 g/mol. The second-order valence-corrected chi connectivity index (χ2v) is 6.26. The van der Waals surface area contributed by atoms with Crippen molar-refractivity contribution in [1.29, 1.82) is 0 Å². The minimum absolute atomic E-state index is 0.0437. The molecule has 0 saturated carbocycles. The summed E-state index contributed by atoms with van der Waals surface area (Å²) in [7, 11) is 2.12. The highest BCUT2D eigenvalue weighted by Crippen LogP contribution is 2.19. The molecule has 1 N–H and O–H groups in total. The smallest absolute Gasteiger partial charge is 0.318 e. The van der Waals surface area contributed by atoms with Crippen molar-refractivity contribution in [3.63, 3.8) is 0 Å². The molecule has 0 aromatic carbocycles. The van der Waals surface area contributed by atoms with Crippen LogP contribution in [-0.4, -0.2) is 47.0 Å². The zero-order valence-corrected chi connectivity index (χ0v) is 14.0. The van der Waals surface area contributed by atoms with E-state index >= 15 is 0 Å². The van der Waals surface area contributed by atoms with Crippen LogP contribution in [0.5, 0.6) is 0 Å². The van der Waals surface area contributed by atoms with Crippen LogP contribution in [0.2, 0.25) is 0 Å². The predicted molar refractivity (Wildman–Crippen MR) is 91.2 cm³/mol. The van der Waals surface area contributed by atoms with Crippen molar-refractivity contribution < 1.29 is 9.21 Å². The molecule has 6 heteroatoms. The molecule has 1 saturated heterocycles. The van der Waals surface area contributed by atoms with Gasteiger partial charge in [0, 0.05) is 25.0 Å². The number of furan rings is 1. The molecule has 2 aromatic heterocycles. The fourth-order valence-corrected chi connectivity index (χ4v) is 3.02. The molecule has 0 atom stereocenters. The molecule has 0 radical (unpaired) electrons. The minimum atomic E-state index is -0.0437. The number of hydrogen-bond donors (Lipinski definition) is 1. The Morgan fingerprint density at radius 2 is 2.08 bits per heavy atom. The molecule has 3 heterocycles. The molecule has 1 fully saturated rings. The van der Waals surface area contributed by atoms with Gasteiger partial charge in [0.1, 0.15) is 5.76 Å². The number of nitrogens with zero attached hydrogens (tertiary/aromatic N) is 3. The van der Waals surface area contributed by atoms with Crippen LogP contribution in [0, 0.1) is 0 Å². The quantitative estimate of drug-likeness (QED) is 0.916. The number of carbonyl (C=O) groups is 1. The zero-order chi connectivity index (χ0) is 16.8. The summed E-state index contributed by atoms with van der Waals surface area (Å²) in [6.45, 7) is 3.03. The topological polar surface area (TPSA) is 61.6 Å². The summed E-state index contributed by atoms with van der Waals surface area (Å²) < 4.78 is 5.45. The highest BCUT2D eigenvalue weighted by atomic mass is 16.3. The van der Waals surface area contributed by atoms with Gasteiger partial charge in [-0.2, -0.15) is 0 Å². The summed E-state index contributed by atoms with van der Waals surface area (Å²) in [5, 5.41) is 3.02. The van der Waals surface area contributed by atoms with Gasteiger partial charge < -0.3 is 19.5 Å². The molecule has 1 aliphatic rings. The molecule has 2 aromatic rings. The summed E-state index contributed by atoms with van der Waals surface area (Å²) >= 11 is 0. The highest BCUT2D eigenvalue weighted by Gasteiger charge is 2.27. The maximum absolute atomic E-state index is 12.8. The molecule has 6 nitrogen and oxygen atoms in total. The van der Waals surface area contributed by atoms with Gasteiger partial charge in [0.2, 0.25) is 0 Å². The van der Waals surface area contributed by atoms with Crippen LogP contribution in [0.4, 0.5) is 4.79 Å². The van der Waals surface area contributed by atoms with Crippen molar-refractivity contribution in [2.75, 3.05) is 20.1 Å². The van der Waals surface area contributed by atoms with Crippen LogP contribution in [0.15, 0.2) is 47.3 Å². The largest absolute Gasteiger partial charge is 0.467 e. The minimum Gasteiger partial charge on any atom is -0.467 e. The summed E-state index contributed by atoms with van der Waals surface area (Å²) in [6.07, 6.45) is 7.09. The van der Waals surface area contributed by atoms with E-state index in [1.54, 1.807) is 18.7 Å². The Bertz CT molecular complexity index is 622. The molecule has 128 valence electrons. The van der Waals surface area contributed by atoms with Crippen LogP contribution in [0.25, 0.3) is 0 Å². The maximum Gasteiger partial charge on any atom is 0.318 e. The van der Waals surface area contributed by atoms with Crippen molar-refractivity contribution in [2.45, 2.75) is 32.0 Å². The lowest BCUT2D eigenvalue weighted by molar-refractivity contribution is 0.122. The van der Waals surface area contributed by atoms with Crippen molar-refractivity contribution >= 4 is 6.03 Å². The summed E-state index contributed by atoms with van der Waals surface area (Å²) in [6, 6.07) is 7.79. The Balaban J connectivity index is 1.65. The first-order valence-electron chi connectivity index (χ1n) is 8.36. The molecule has 3 rings (SSSR count). The third-order valence-corrected chi connectivity index (χ3v) is 4.49. The molecule has 2 amide bonds. The van der Waals surface area contributed by atoms with Crippen molar-refractivity contribution in [3.05, 3.63) is 54.2 Å². The second-order valence-electron chi connectivity index (χ2n) is 6.26. The standard InChI is InChI=1S/C18H24N4O2/c1-21-10-6-16(7-11-21)22(14-17-3-2-12-24-17)18(23)20-13-15-4-8-19-9-5-15/h2-5,8-9,12,16H,6-7,10-11,13-14H2,1H3,(H,20,23). The van der Waals surface area contributed by atoms with Gasteiger partial charge in [-0.05, 0) is 62.8 Å². The number of urea groups is 1. The summed E-state index contributed by atoms with van der Waals surface area (Å²) in [4.78, 5) is 21.0. The summed E-state index contributed by atoms with van der Waals surface area (Å²) in [5.41, 5.74) is 1.04. The molecule has 0 aliphatic carbocycles. The monoisotopic (exact) mass is 328 g/mol. The van der Waals surface area contributed by atoms with Crippen molar-refractivity contribution in [3.8, 4) is 0 Å². The molecule has 0 unspecified atom stereocenters. The number of nitrogens with one attached hydrogen (secondary N) is 1.